The van der Waals surface area contributed by atoms with E-state index in [9.17, 15) is 18.4 Å². The molecule has 10 heteroatoms. The average Bonchev–Trinajstić information content (AvgIpc) is 2.80. The molecule has 0 bridgehead atoms. The lowest BCUT2D eigenvalue weighted by Gasteiger charge is -2.15. The van der Waals surface area contributed by atoms with Gasteiger partial charge in [0.05, 0.1) is 13.2 Å². The minimum absolute atomic E-state index is 0.110. The lowest BCUT2D eigenvalue weighted by Crippen LogP contribution is -2.43. The number of carbonyl (C=O) groups is 1. The third-order valence-electron chi connectivity index (χ3n) is 5.26. The number of pyridine rings is 1. The zero-order chi connectivity index (χ0) is 24.8. The van der Waals surface area contributed by atoms with Gasteiger partial charge in [-0.1, -0.05) is 35.9 Å². The van der Waals surface area contributed by atoms with E-state index in [1.165, 1.54) is 10.6 Å². The summed E-state index contributed by atoms with van der Waals surface area (Å²) in [5.41, 5.74) is 7.14. The molecule has 0 aliphatic heterocycles. The zero-order valence-electron chi connectivity index (χ0n) is 18.4. The van der Waals surface area contributed by atoms with Crippen LogP contribution in [-0.2, 0) is 24.5 Å². The lowest BCUT2D eigenvalue weighted by molar-refractivity contribution is -0.120. The van der Waals surface area contributed by atoms with Crippen LogP contribution < -0.4 is 21.3 Å². The van der Waals surface area contributed by atoms with Crippen LogP contribution >= 0.6 is 11.6 Å². The minimum atomic E-state index is -0.830. The van der Waals surface area contributed by atoms with Crippen LogP contribution in [0.1, 0.15) is 22.4 Å². The number of halogens is 3. The molecule has 1 amide bonds. The van der Waals surface area contributed by atoms with Crippen LogP contribution in [0.25, 0.3) is 0 Å². The number of nitrogens with one attached hydrogen (secondary N) is 1. The third kappa shape index (κ3) is 6.19. The Morgan fingerprint density at radius 3 is 2.47 bits per heavy atom. The first-order chi connectivity index (χ1) is 16.2. The number of aromatic nitrogens is 1. The monoisotopic (exact) mass is 491 g/mol. The molecule has 3 aromatic rings. The van der Waals surface area contributed by atoms with Crippen LogP contribution in [0.5, 0.6) is 5.75 Å². The summed E-state index contributed by atoms with van der Waals surface area (Å²) in [5, 5.41) is 11.9. The molecule has 1 atom stereocenters. The Bertz CT molecular complexity index is 1230. The highest BCUT2D eigenvalue weighted by molar-refractivity contribution is 6.31. The fourth-order valence-corrected chi connectivity index (χ4v) is 3.46. The normalized spacial score (nSPS) is 11.9. The van der Waals surface area contributed by atoms with Crippen molar-refractivity contribution in [3.8, 4) is 5.75 Å². The standard InChI is InChI=1S/C24H24ClF2N3O4/c1-14-8-21(34-13-17-6-7-18(26)9-19(17)27)22(25)24(33)30(14)11-16-4-2-15(3-5-16)10-29-20(12-31)23(28)32/h2-9,20,29,31H,10-13H2,1H3,(H2,28,32)/t20-/m0/s1. The number of primary amides is 1. The Morgan fingerprint density at radius 2 is 1.85 bits per heavy atom. The molecular weight excluding hydrogens is 468 g/mol. The number of aliphatic hydroxyl groups excluding tert-OH is 1. The summed E-state index contributed by atoms with van der Waals surface area (Å²) in [5.74, 6) is -1.97. The van der Waals surface area contributed by atoms with E-state index in [1.807, 2.05) is 24.3 Å². The Morgan fingerprint density at radius 1 is 1.18 bits per heavy atom. The molecule has 0 radical (unpaired) electrons. The molecular formula is C24H24ClF2N3O4. The minimum Gasteiger partial charge on any atom is -0.487 e. The van der Waals surface area contributed by atoms with Crippen molar-refractivity contribution in [3.63, 3.8) is 0 Å². The van der Waals surface area contributed by atoms with Gasteiger partial charge >= 0.3 is 0 Å². The largest absolute Gasteiger partial charge is 0.487 e. The number of aliphatic hydroxyl groups is 1. The van der Waals surface area contributed by atoms with E-state index in [1.54, 1.807) is 13.0 Å². The lowest BCUT2D eigenvalue weighted by atomic mass is 10.1. The van der Waals surface area contributed by atoms with E-state index in [2.05, 4.69) is 5.32 Å². The maximum atomic E-state index is 13.8. The van der Waals surface area contributed by atoms with Crippen molar-refractivity contribution in [2.75, 3.05) is 6.61 Å². The Hall–Kier alpha value is -3.27. The molecule has 7 nitrogen and oxygen atoms in total. The van der Waals surface area contributed by atoms with Gasteiger partial charge in [0.2, 0.25) is 5.91 Å². The highest BCUT2D eigenvalue weighted by Gasteiger charge is 2.15. The average molecular weight is 492 g/mol. The van der Waals surface area contributed by atoms with Crippen LogP contribution in [-0.4, -0.2) is 28.2 Å². The van der Waals surface area contributed by atoms with Gasteiger partial charge in [-0.25, -0.2) is 8.78 Å². The molecule has 4 N–H and O–H groups in total. The summed E-state index contributed by atoms with van der Waals surface area (Å²) in [4.78, 5) is 24.0. The number of rotatable bonds is 10. The second kappa shape index (κ2) is 11.2. The summed E-state index contributed by atoms with van der Waals surface area (Å²) < 4.78 is 33.9. The van der Waals surface area contributed by atoms with Gasteiger partial charge in [0.25, 0.3) is 5.56 Å². The van der Waals surface area contributed by atoms with Gasteiger partial charge < -0.3 is 20.1 Å². The maximum Gasteiger partial charge on any atom is 0.273 e. The van der Waals surface area contributed by atoms with Crippen molar-refractivity contribution < 1.29 is 23.4 Å². The smallest absolute Gasteiger partial charge is 0.273 e. The number of nitrogens with two attached hydrogens (primary N) is 1. The van der Waals surface area contributed by atoms with Gasteiger partial charge in [-0.2, -0.15) is 0 Å². The zero-order valence-corrected chi connectivity index (χ0v) is 19.1. The van der Waals surface area contributed by atoms with Crippen molar-refractivity contribution in [2.45, 2.75) is 32.7 Å². The molecule has 0 aliphatic rings. The van der Waals surface area contributed by atoms with Crippen LogP contribution in [0.15, 0.2) is 53.3 Å². The molecule has 1 aromatic heterocycles. The first-order valence-corrected chi connectivity index (χ1v) is 10.8. The first-order valence-electron chi connectivity index (χ1n) is 10.4. The number of ether oxygens (including phenoxy) is 1. The van der Waals surface area contributed by atoms with Crippen LogP contribution in [0.4, 0.5) is 8.78 Å². The predicted molar refractivity (Wildman–Crippen MR) is 124 cm³/mol. The number of hydrogen-bond donors (Lipinski definition) is 3. The van der Waals surface area contributed by atoms with Gasteiger partial charge in [-0.3, -0.25) is 14.9 Å². The van der Waals surface area contributed by atoms with Crippen LogP contribution in [0.2, 0.25) is 5.02 Å². The summed E-state index contributed by atoms with van der Waals surface area (Å²) in [7, 11) is 0. The van der Waals surface area contributed by atoms with Gasteiger partial charge in [0.15, 0.2) is 0 Å². The number of amides is 1. The van der Waals surface area contributed by atoms with E-state index < -0.39 is 35.7 Å². The molecule has 0 saturated heterocycles. The van der Waals surface area contributed by atoms with E-state index in [-0.39, 0.29) is 29.5 Å². The second-order valence-electron chi connectivity index (χ2n) is 7.71. The molecule has 3 rings (SSSR count). The van der Waals surface area contributed by atoms with Gasteiger partial charge in [0.1, 0.15) is 35.1 Å². The molecule has 0 fully saturated rings. The van der Waals surface area contributed by atoms with Crippen molar-refractivity contribution in [1.29, 1.82) is 0 Å². The van der Waals surface area contributed by atoms with Crippen LogP contribution in [0, 0.1) is 18.6 Å². The van der Waals surface area contributed by atoms with Crippen LogP contribution in [0.3, 0.4) is 0 Å². The predicted octanol–water partition coefficient (Wildman–Crippen LogP) is 2.65. The summed E-state index contributed by atoms with van der Waals surface area (Å²) in [6.07, 6.45) is 0. The van der Waals surface area contributed by atoms with Crippen molar-refractivity contribution >= 4 is 17.5 Å². The molecule has 0 spiro atoms. The molecule has 34 heavy (non-hydrogen) atoms. The van der Waals surface area contributed by atoms with Gasteiger partial charge in [-0.15, -0.1) is 0 Å². The fourth-order valence-electron chi connectivity index (χ4n) is 3.25. The Labute approximate surface area is 199 Å². The molecule has 0 saturated carbocycles. The highest BCUT2D eigenvalue weighted by Crippen LogP contribution is 2.24. The number of hydrogen-bond acceptors (Lipinski definition) is 5. The molecule has 0 aliphatic carbocycles. The second-order valence-corrected chi connectivity index (χ2v) is 8.09. The number of carbonyl (C=O) groups excluding carboxylic acids is 1. The van der Waals surface area contributed by atoms with Crippen molar-refractivity contribution in [3.05, 3.63) is 97.9 Å². The summed E-state index contributed by atoms with van der Waals surface area (Å²) in [6, 6.07) is 11.2. The van der Waals surface area contributed by atoms with E-state index in [0.717, 1.165) is 23.3 Å². The number of benzene rings is 2. The molecule has 2 aromatic carbocycles. The molecule has 1 heterocycles. The maximum absolute atomic E-state index is 13.8. The SMILES string of the molecule is Cc1cc(OCc2ccc(F)cc2F)c(Cl)c(=O)n1Cc1ccc(CN[C@@H](CO)C(N)=O)cc1. The van der Waals surface area contributed by atoms with E-state index in [0.29, 0.717) is 12.2 Å². The van der Waals surface area contributed by atoms with Crippen molar-refractivity contribution in [1.82, 2.24) is 9.88 Å². The quantitative estimate of drug-likeness (QED) is 0.404. The fraction of sp³-hybridized carbons (Fsp3) is 0.250. The first kappa shape index (κ1) is 25.4. The summed E-state index contributed by atoms with van der Waals surface area (Å²) >= 11 is 6.22. The Kier molecular flexibility index (Phi) is 8.38. The topological polar surface area (TPSA) is 107 Å². The number of aryl methyl sites for hydroxylation is 1. The Balaban J connectivity index is 1.70. The van der Waals surface area contributed by atoms with Gasteiger partial charge in [-0.05, 0) is 30.2 Å². The highest BCUT2D eigenvalue weighted by atomic mass is 35.5. The van der Waals surface area contributed by atoms with Gasteiger partial charge in [0, 0.05) is 29.9 Å². The van der Waals surface area contributed by atoms with Crippen molar-refractivity contribution in [2.24, 2.45) is 5.73 Å². The van der Waals surface area contributed by atoms with E-state index >= 15 is 0 Å². The molecule has 0 unspecified atom stereocenters. The third-order valence-corrected chi connectivity index (χ3v) is 5.60. The summed E-state index contributed by atoms with van der Waals surface area (Å²) in [6.45, 7) is 1.71. The number of nitrogens with zero attached hydrogens (tertiary/aromatic N) is 1. The molecule has 180 valence electrons. The van der Waals surface area contributed by atoms with E-state index in [4.69, 9.17) is 27.2 Å².